The molecule has 0 unspecified atom stereocenters. The molecule has 2 fully saturated rings. The third-order valence-electron chi connectivity index (χ3n) is 4.98. The minimum absolute atomic E-state index is 0.0870. The molecule has 3 heterocycles. The van der Waals surface area contributed by atoms with Crippen LogP contribution in [0.1, 0.15) is 23.2 Å². The van der Waals surface area contributed by atoms with E-state index in [1.807, 2.05) is 24.3 Å². The molecule has 6 nitrogen and oxygen atoms in total. The van der Waals surface area contributed by atoms with Gasteiger partial charge in [0.15, 0.2) is 9.84 Å². The smallest absolute Gasteiger partial charge is 0.257 e. The number of ether oxygens (including phenoxy) is 1. The molecule has 1 amide bonds. The van der Waals surface area contributed by atoms with E-state index in [0.29, 0.717) is 43.7 Å². The van der Waals surface area contributed by atoms with Crippen molar-refractivity contribution in [3.8, 4) is 0 Å². The maximum Gasteiger partial charge on any atom is 0.257 e. The summed E-state index contributed by atoms with van der Waals surface area (Å²) in [4.78, 5) is 14.7. The second-order valence-corrected chi connectivity index (χ2v) is 8.86. The van der Waals surface area contributed by atoms with Crippen molar-refractivity contribution < 1.29 is 22.4 Å². The van der Waals surface area contributed by atoms with Gasteiger partial charge in [-0.15, -0.1) is 0 Å². The molecule has 0 atom stereocenters. The van der Waals surface area contributed by atoms with Crippen LogP contribution in [0.25, 0.3) is 11.0 Å². The van der Waals surface area contributed by atoms with Crippen molar-refractivity contribution in [3.05, 3.63) is 36.1 Å². The Morgan fingerprint density at radius 1 is 1.17 bits per heavy atom. The minimum atomic E-state index is -2.97. The number of carbonyl (C=O) groups is 1. The molecule has 0 radical (unpaired) electrons. The average molecular weight is 349 g/mol. The highest BCUT2D eigenvalue weighted by Gasteiger charge is 2.43. The molecule has 0 N–H and O–H groups in total. The second kappa shape index (κ2) is 5.60. The van der Waals surface area contributed by atoms with Gasteiger partial charge in [-0.05, 0) is 18.9 Å². The third kappa shape index (κ3) is 2.71. The van der Waals surface area contributed by atoms with E-state index < -0.39 is 15.4 Å². The van der Waals surface area contributed by atoms with Gasteiger partial charge in [0, 0.05) is 11.9 Å². The minimum Gasteiger partial charge on any atom is -0.463 e. The molecule has 0 bridgehead atoms. The van der Waals surface area contributed by atoms with Gasteiger partial charge in [0.1, 0.15) is 11.8 Å². The van der Waals surface area contributed by atoms with E-state index in [4.69, 9.17) is 9.15 Å². The number of nitrogens with zero attached hydrogens (tertiary/aromatic N) is 1. The summed E-state index contributed by atoms with van der Waals surface area (Å²) in [5.74, 6) is 0.170. The number of carbonyl (C=O) groups excluding carboxylic acids is 1. The molecule has 24 heavy (non-hydrogen) atoms. The van der Waals surface area contributed by atoms with Crippen LogP contribution in [0.15, 0.2) is 34.9 Å². The van der Waals surface area contributed by atoms with Crippen molar-refractivity contribution in [2.45, 2.75) is 18.4 Å². The first-order chi connectivity index (χ1) is 11.5. The van der Waals surface area contributed by atoms with Gasteiger partial charge in [0.05, 0.1) is 35.8 Å². The monoisotopic (exact) mass is 349 g/mol. The fourth-order valence-electron chi connectivity index (χ4n) is 3.54. The summed E-state index contributed by atoms with van der Waals surface area (Å²) in [5.41, 5.74) is 0.706. The SMILES string of the molecule is O=C(c1coc2ccccc12)N1CCOC2(CCS(=O)(=O)CC2)C1. The molecule has 128 valence electrons. The number of amides is 1. The molecular weight excluding hydrogens is 330 g/mol. The number of hydrogen-bond acceptors (Lipinski definition) is 5. The lowest BCUT2D eigenvalue weighted by Crippen LogP contribution is -2.56. The highest BCUT2D eigenvalue weighted by atomic mass is 32.2. The maximum atomic E-state index is 12.9. The lowest BCUT2D eigenvalue weighted by Gasteiger charge is -2.44. The molecule has 2 aromatic rings. The Hall–Kier alpha value is -1.86. The molecule has 0 saturated carbocycles. The molecule has 4 rings (SSSR count). The molecule has 7 heteroatoms. The van der Waals surface area contributed by atoms with E-state index in [9.17, 15) is 13.2 Å². The van der Waals surface area contributed by atoms with E-state index >= 15 is 0 Å². The van der Waals surface area contributed by atoms with Crippen molar-refractivity contribution in [2.75, 3.05) is 31.2 Å². The zero-order valence-corrected chi connectivity index (χ0v) is 14.0. The molecular formula is C17H19NO5S. The lowest BCUT2D eigenvalue weighted by molar-refractivity contribution is -0.104. The summed E-state index contributed by atoms with van der Waals surface area (Å²) in [6.45, 7) is 1.37. The van der Waals surface area contributed by atoms with E-state index in [-0.39, 0.29) is 17.4 Å². The van der Waals surface area contributed by atoms with Crippen molar-refractivity contribution in [3.63, 3.8) is 0 Å². The topological polar surface area (TPSA) is 76.8 Å². The Kier molecular flexibility index (Phi) is 3.65. The molecule has 1 aromatic carbocycles. The molecule has 1 aromatic heterocycles. The lowest BCUT2D eigenvalue weighted by atomic mass is 9.94. The number of rotatable bonds is 1. The fourth-order valence-corrected chi connectivity index (χ4v) is 5.11. The van der Waals surface area contributed by atoms with Gasteiger partial charge >= 0.3 is 0 Å². The van der Waals surface area contributed by atoms with Crippen LogP contribution in [0, 0.1) is 0 Å². The summed E-state index contributed by atoms with van der Waals surface area (Å²) in [7, 11) is -2.97. The van der Waals surface area contributed by atoms with Crippen LogP contribution in [-0.4, -0.2) is 56.0 Å². The number of fused-ring (bicyclic) bond motifs is 1. The Morgan fingerprint density at radius 3 is 2.71 bits per heavy atom. The maximum absolute atomic E-state index is 12.9. The summed E-state index contributed by atoms with van der Waals surface area (Å²) in [5, 5.41) is 0.800. The van der Waals surface area contributed by atoms with E-state index in [2.05, 4.69) is 0 Å². The van der Waals surface area contributed by atoms with Crippen LogP contribution in [0.5, 0.6) is 0 Å². The normalized spacial score (nSPS) is 22.8. The first-order valence-electron chi connectivity index (χ1n) is 8.08. The Morgan fingerprint density at radius 2 is 1.92 bits per heavy atom. The van der Waals surface area contributed by atoms with Gasteiger partial charge < -0.3 is 14.1 Å². The van der Waals surface area contributed by atoms with Gasteiger partial charge in [-0.25, -0.2) is 8.42 Å². The van der Waals surface area contributed by atoms with Crippen molar-refractivity contribution >= 4 is 26.7 Å². The third-order valence-corrected chi connectivity index (χ3v) is 6.64. The van der Waals surface area contributed by atoms with Crippen LogP contribution in [-0.2, 0) is 14.6 Å². The molecule has 2 aliphatic rings. The first kappa shape index (κ1) is 15.7. The molecule has 2 aliphatic heterocycles. The number of benzene rings is 1. The van der Waals surface area contributed by atoms with Crippen LogP contribution in [0.3, 0.4) is 0 Å². The standard InChI is InChI=1S/C17H19NO5S/c19-16(14-11-22-15-4-2-1-3-13(14)15)18-7-8-23-17(12-18)5-9-24(20,21)10-6-17/h1-4,11H,5-10,12H2. The molecule has 1 spiro atoms. The summed E-state index contributed by atoms with van der Waals surface area (Å²) < 4.78 is 34.7. The first-order valence-corrected chi connectivity index (χ1v) is 9.90. The van der Waals surface area contributed by atoms with Gasteiger partial charge in [0.25, 0.3) is 5.91 Å². The molecule has 0 aliphatic carbocycles. The van der Waals surface area contributed by atoms with Crippen LogP contribution in [0.4, 0.5) is 0 Å². The number of furan rings is 1. The van der Waals surface area contributed by atoms with Crippen molar-refractivity contribution in [1.29, 1.82) is 0 Å². The Labute approximate surface area is 140 Å². The molecule has 2 saturated heterocycles. The number of sulfone groups is 1. The van der Waals surface area contributed by atoms with E-state index in [1.54, 1.807) is 4.90 Å². The number of para-hydroxylation sites is 1. The van der Waals surface area contributed by atoms with Gasteiger partial charge in [-0.3, -0.25) is 4.79 Å². The average Bonchev–Trinajstić information content (AvgIpc) is 3.02. The zero-order chi connectivity index (χ0) is 16.8. The predicted molar refractivity (Wildman–Crippen MR) is 88.7 cm³/mol. The van der Waals surface area contributed by atoms with Gasteiger partial charge in [-0.1, -0.05) is 18.2 Å². The summed E-state index contributed by atoms with van der Waals surface area (Å²) in [6, 6.07) is 7.45. The number of morpholine rings is 1. The highest BCUT2D eigenvalue weighted by Crippen LogP contribution is 2.32. The van der Waals surface area contributed by atoms with Crippen LogP contribution < -0.4 is 0 Å². The quantitative estimate of drug-likeness (QED) is 0.785. The Balaban J connectivity index is 1.57. The van der Waals surface area contributed by atoms with Gasteiger partial charge in [0.2, 0.25) is 0 Å². The number of hydrogen-bond donors (Lipinski definition) is 0. The largest absolute Gasteiger partial charge is 0.463 e. The van der Waals surface area contributed by atoms with Crippen molar-refractivity contribution in [2.24, 2.45) is 0 Å². The van der Waals surface area contributed by atoms with E-state index in [0.717, 1.165) is 5.39 Å². The Bertz CT molecular complexity index is 871. The predicted octanol–water partition coefficient (Wildman–Crippen LogP) is 1.85. The fraction of sp³-hybridized carbons (Fsp3) is 0.471. The zero-order valence-electron chi connectivity index (χ0n) is 13.2. The summed E-state index contributed by atoms with van der Waals surface area (Å²) in [6.07, 6.45) is 2.40. The van der Waals surface area contributed by atoms with Crippen LogP contribution >= 0.6 is 0 Å². The van der Waals surface area contributed by atoms with Crippen LogP contribution in [0.2, 0.25) is 0 Å². The van der Waals surface area contributed by atoms with E-state index in [1.165, 1.54) is 6.26 Å². The van der Waals surface area contributed by atoms with Gasteiger partial charge in [-0.2, -0.15) is 0 Å². The second-order valence-electron chi connectivity index (χ2n) is 6.56. The summed E-state index contributed by atoms with van der Waals surface area (Å²) >= 11 is 0. The van der Waals surface area contributed by atoms with Crippen molar-refractivity contribution in [1.82, 2.24) is 4.90 Å². The highest BCUT2D eigenvalue weighted by molar-refractivity contribution is 7.91.